The number of nitrogens with two attached hydrogens (primary N) is 1. The molecule has 1 aliphatic heterocycles. The van der Waals surface area contributed by atoms with Crippen LogP contribution in [0.25, 0.3) is 0 Å². The van der Waals surface area contributed by atoms with E-state index >= 15 is 0 Å². The monoisotopic (exact) mass is 250 g/mol. The third-order valence-corrected chi connectivity index (χ3v) is 2.84. The van der Waals surface area contributed by atoms with E-state index in [9.17, 15) is 4.79 Å². The van der Waals surface area contributed by atoms with Gasteiger partial charge in [-0.2, -0.15) is 0 Å². The van der Waals surface area contributed by atoms with Gasteiger partial charge in [-0.05, 0) is 19.1 Å². The summed E-state index contributed by atoms with van der Waals surface area (Å²) < 4.78 is 5.22. The van der Waals surface area contributed by atoms with E-state index in [1.165, 1.54) is 0 Å². The minimum absolute atomic E-state index is 0.0666. The van der Waals surface area contributed by atoms with Crippen LogP contribution in [-0.4, -0.2) is 48.1 Å². The van der Waals surface area contributed by atoms with Crippen LogP contribution in [0.5, 0.6) is 0 Å². The van der Waals surface area contributed by atoms with Gasteiger partial charge in [0.15, 0.2) is 0 Å². The first kappa shape index (κ1) is 12.6. The lowest BCUT2D eigenvalue weighted by Gasteiger charge is -2.29. The summed E-state index contributed by atoms with van der Waals surface area (Å²) in [6, 6.07) is 3.21. The van der Waals surface area contributed by atoms with E-state index in [0.717, 1.165) is 0 Å². The topological polar surface area (TPSA) is 80.5 Å². The second-order valence-corrected chi connectivity index (χ2v) is 4.28. The van der Waals surface area contributed by atoms with Crippen LogP contribution < -0.4 is 11.1 Å². The number of carbonyl (C=O) groups is 1. The summed E-state index contributed by atoms with van der Waals surface area (Å²) in [5.74, 6) is 0.718. The summed E-state index contributed by atoms with van der Waals surface area (Å²) in [5.41, 5.74) is 6.16. The molecule has 0 aromatic carbocycles. The Morgan fingerprint density at radius 2 is 2.22 bits per heavy atom. The highest BCUT2D eigenvalue weighted by molar-refractivity contribution is 5.84. The average Bonchev–Trinajstić information content (AvgIpc) is 2.41. The van der Waals surface area contributed by atoms with Crippen LogP contribution in [0, 0.1) is 0 Å². The van der Waals surface area contributed by atoms with Gasteiger partial charge in [0.05, 0.1) is 25.1 Å². The van der Waals surface area contributed by atoms with Crippen LogP contribution in [0.4, 0.5) is 11.5 Å². The van der Waals surface area contributed by atoms with Gasteiger partial charge in [-0.1, -0.05) is 0 Å². The summed E-state index contributed by atoms with van der Waals surface area (Å²) in [5, 5.41) is 3.07. The van der Waals surface area contributed by atoms with E-state index in [1.54, 1.807) is 23.2 Å². The van der Waals surface area contributed by atoms with Crippen molar-refractivity contribution in [1.82, 2.24) is 9.88 Å². The van der Waals surface area contributed by atoms with E-state index < -0.39 is 0 Å². The minimum Gasteiger partial charge on any atom is -0.397 e. The molecule has 0 aliphatic carbocycles. The molecule has 1 unspecified atom stereocenters. The molecule has 1 saturated heterocycles. The van der Waals surface area contributed by atoms with Gasteiger partial charge < -0.3 is 20.7 Å². The first-order chi connectivity index (χ1) is 8.66. The molecule has 1 aromatic rings. The van der Waals surface area contributed by atoms with Crippen molar-refractivity contribution in [3.63, 3.8) is 0 Å². The van der Waals surface area contributed by atoms with E-state index in [4.69, 9.17) is 10.5 Å². The molecule has 1 fully saturated rings. The molecule has 98 valence electrons. The Kier molecular flexibility index (Phi) is 3.99. The molecule has 2 rings (SSSR count). The number of morpholine rings is 1. The maximum atomic E-state index is 12.1. The van der Waals surface area contributed by atoms with Crippen LogP contribution >= 0.6 is 0 Å². The number of pyridine rings is 1. The number of amides is 1. The number of nitrogens with one attached hydrogen (secondary N) is 1. The van der Waals surface area contributed by atoms with Gasteiger partial charge in [0.2, 0.25) is 5.91 Å². The molecule has 1 amide bonds. The maximum absolute atomic E-state index is 12.1. The van der Waals surface area contributed by atoms with Crippen molar-refractivity contribution in [2.75, 3.05) is 37.4 Å². The molecular weight excluding hydrogens is 232 g/mol. The zero-order valence-corrected chi connectivity index (χ0v) is 10.4. The lowest BCUT2D eigenvalue weighted by molar-refractivity contribution is -0.135. The third kappa shape index (κ3) is 3.10. The van der Waals surface area contributed by atoms with Gasteiger partial charge in [-0.3, -0.25) is 4.79 Å². The number of ether oxygens (including phenoxy) is 1. The van der Waals surface area contributed by atoms with Crippen molar-refractivity contribution in [3.8, 4) is 0 Å². The predicted octanol–water partition coefficient (Wildman–Crippen LogP) is 0.323. The number of aromatic nitrogens is 1. The van der Waals surface area contributed by atoms with E-state index in [1.807, 2.05) is 6.92 Å². The van der Waals surface area contributed by atoms with Crippen molar-refractivity contribution in [3.05, 3.63) is 18.3 Å². The molecule has 18 heavy (non-hydrogen) atoms. The molecule has 6 nitrogen and oxygen atoms in total. The molecule has 1 aromatic heterocycles. The van der Waals surface area contributed by atoms with Crippen LogP contribution in [0.3, 0.4) is 0 Å². The fourth-order valence-electron chi connectivity index (χ4n) is 1.83. The highest BCUT2D eigenvalue weighted by atomic mass is 16.5. The van der Waals surface area contributed by atoms with Gasteiger partial charge >= 0.3 is 0 Å². The van der Waals surface area contributed by atoms with Gasteiger partial charge in [-0.25, -0.2) is 4.98 Å². The van der Waals surface area contributed by atoms with Crippen molar-refractivity contribution < 1.29 is 9.53 Å². The van der Waals surface area contributed by atoms with Crippen molar-refractivity contribution in [2.45, 2.75) is 13.0 Å². The summed E-state index contributed by atoms with van der Waals surface area (Å²) in [6.07, 6.45) is 1.56. The van der Waals surface area contributed by atoms with Gasteiger partial charge in [-0.15, -0.1) is 0 Å². The molecule has 3 N–H and O–H groups in total. The molecule has 1 atom stereocenters. The second kappa shape index (κ2) is 5.68. The fraction of sp³-hybridized carbons (Fsp3) is 0.500. The summed E-state index contributed by atoms with van der Waals surface area (Å²) in [7, 11) is 0. The molecule has 0 spiro atoms. The number of nitrogen functional groups attached to an aromatic ring is 1. The van der Waals surface area contributed by atoms with Crippen molar-refractivity contribution in [2.24, 2.45) is 0 Å². The second-order valence-electron chi connectivity index (χ2n) is 4.28. The smallest absolute Gasteiger partial charge is 0.244 e. The quantitative estimate of drug-likeness (QED) is 0.807. The lowest BCUT2D eigenvalue weighted by Crippen LogP contribution is -2.47. The highest BCUT2D eigenvalue weighted by Gasteiger charge is 2.22. The van der Waals surface area contributed by atoms with Gasteiger partial charge in [0, 0.05) is 13.1 Å². The van der Waals surface area contributed by atoms with Gasteiger partial charge in [0.25, 0.3) is 0 Å². The Morgan fingerprint density at radius 3 is 2.83 bits per heavy atom. The molecular formula is C12H18N4O2. The Hall–Kier alpha value is -1.82. The lowest BCUT2D eigenvalue weighted by atomic mass is 10.2. The number of rotatable bonds is 3. The molecule has 0 radical (unpaired) electrons. The maximum Gasteiger partial charge on any atom is 0.244 e. The highest BCUT2D eigenvalue weighted by Crippen LogP contribution is 2.09. The van der Waals surface area contributed by atoms with Crippen LogP contribution in [0.1, 0.15) is 6.92 Å². The van der Waals surface area contributed by atoms with Gasteiger partial charge in [0.1, 0.15) is 11.9 Å². The molecule has 0 bridgehead atoms. The van der Waals surface area contributed by atoms with Crippen LogP contribution in [0.2, 0.25) is 0 Å². The molecule has 0 saturated carbocycles. The molecule has 6 heteroatoms. The van der Waals surface area contributed by atoms with Crippen LogP contribution in [0.15, 0.2) is 18.3 Å². The van der Waals surface area contributed by atoms with Crippen LogP contribution in [-0.2, 0) is 9.53 Å². The molecule has 2 heterocycles. The average molecular weight is 250 g/mol. The largest absolute Gasteiger partial charge is 0.397 e. The molecule has 1 aliphatic rings. The summed E-state index contributed by atoms with van der Waals surface area (Å²) >= 11 is 0. The standard InChI is InChI=1S/C12H18N4O2/c1-9(12(17)16-4-6-18-7-5-16)15-11-3-2-10(13)8-14-11/h2-3,8-9H,4-7,13H2,1H3,(H,14,15). The van der Waals surface area contributed by atoms with E-state index in [-0.39, 0.29) is 11.9 Å². The Morgan fingerprint density at radius 1 is 1.50 bits per heavy atom. The Balaban J connectivity index is 1.92. The number of anilines is 2. The van der Waals surface area contributed by atoms with E-state index in [2.05, 4.69) is 10.3 Å². The zero-order valence-electron chi connectivity index (χ0n) is 10.4. The predicted molar refractivity (Wildman–Crippen MR) is 69.1 cm³/mol. The SMILES string of the molecule is CC(Nc1ccc(N)cn1)C(=O)N1CCOCC1. The number of carbonyl (C=O) groups excluding carboxylic acids is 1. The summed E-state index contributed by atoms with van der Waals surface area (Å²) in [6.45, 7) is 4.35. The minimum atomic E-state index is -0.306. The third-order valence-electron chi connectivity index (χ3n) is 2.84. The first-order valence-corrected chi connectivity index (χ1v) is 6.01. The zero-order chi connectivity index (χ0) is 13.0. The fourth-order valence-corrected chi connectivity index (χ4v) is 1.83. The Bertz CT molecular complexity index is 401. The Labute approximate surface area is 106 Å². The van der Waals surface area contributed by atoms with Crippen molar-refractivity contribution in [1.29, 1.82) is 0 Å². The summed E-state index contributed by atoms with van der Waals surface area (Å²) in [4.78, 5) is 18.0. The number of hydrogen-bond acceptors (Lipinski definition) is 5. The number of hydrogen-bond donors (Lipinski definition) is 2. The first-order valence-electron chi connectivity index (χ1n) is 6.01. The number of nitrogens with zero attached hydrogens (tertiary/aromatic N) is 2. The normalized spacial score (nSPS) is 17.3. The van der Waals surface area contributed by atoms with Crippen molar-refractivity contribution >= 4 is 17.4 Å². The van der Waals surface area contributed by atoms with E-state index in [0.29, 0.717) is 37.8 Å².